The number of esters is 1. The lowest BCUT2D eigenvalue weighted by atomic mass is 9.74. The zero-order valence-electron chi connectivity index (χ0n) is 37.7. The van der Waals surface area contributed by atoms with Crippen LogP contribution in [0.15, 0.2) is 30.3 Å². The predicted octanol–water partition coefficient (Wildman–Crippen LogP) is 4.23. The molecule has 1 amide bonds. The number of Topliss-reactive ketones (excluding diaryl/α,β-unsaturated/α-hetero) is 1. The van der Waals surface area contributed by atoms with E-state index < -0.39 is 107 Å². The number of aryl methyl sites for hydroxylation is 1. The van der Waals surface area contributed by atoms with Gasteiger partial charge in [0.15, 0.2) is 12.6 Å². The molecular weight excluding hydrogens is 774 g/mol. The minimum Gasteiger partial charge on any atom is -0.459 e. The molecule has 17 atom stereocenters. The van der Waals surface area contributed by atoms with Gasteiger partial charge in [0.1, 0.15) is 23.6 Å². The molecule has 1 aromatic carbocycles. The topological polar surface area (TPSA) is 211 Å². The Kier molecular flexibility index (Phi) is 17.3. The molecule has 0 aliphatic carbocycles. The second-order valence-electron chi connectivity index (χ2n) is 19.5. The van der Waals surface area contributed by atoms with Crippen LogP contribution in [0.3, 0.4) is 0 Å². The molecule has 4 rings (SSSR count). The van der Waals surface area contributed by atoms with Gasteiger partial charge in [-0.25, -0.2) is 0 Å². The van der Waals surface area contributed by atoms with E-state index in [9.17, 15) is 39.9 Å². The highest BCUT2D eigenvalue weighted by molar-refractivity contribution is 5.83. The number of aliphatic hydroxyl groups is 5. The molecule has 14 nitrogen and oxygen atoms in total. The molecule has 0 bridgehead atoms. The van der Waals surface area contributed by atoms with E-state index in [4.69, 9.17) is 23.7 Å². The molecule has 0 aromatic heterocycles. The van der Waals surface area contributed by atoms with Crippen LogP contribution < -0.4 is 5.32 Å². The zero-order chi connectivity index (χ0) is 44.9. The van der Waals surface area contributed by atoms with Crippen LogP contribution in [0, 0.1) is 35.0 Å². The van der Waals surface area contributed by atoms with Gasteiger partial charge in [-0.3, -0.25) is 14.4 Å². The third-order valence-corrected chi connectivity index (χ3v) is 13.4. The van der Waals surface area contributed by atoms with Crippen LogP contribution in [0.4, 0.5) is 0 Å². The third kappa shape index (κ3) is 12.3. The van der Waals surface area contributed by atoms with Crippen LogP contribution in [0.1, 0.15) is 120 Å². The number of carbonyl (C=O) groups is 3. The van der Waals surface area contributed by atoms with E-state index in [-0.39, 0.29) is 50.2 Å². The maximum absolute atomic E-state index is 14.5. The minimum absolute atomic E-state index is 0.00101. The van der Waals surface area contributed by atoms with Gasteiger partial charge in [-0.05, 0) is 77.2 Å². The summed E-state index contributed by atoms with van der Waals surface area (Å²) in [5, 5.41) is 61.2. The summed E-state index contributed by atoms with van der Waals surface area (Å²) in [7, 11) is 0. The standard InChI is InChI=1S/C46H75NO13/c1-25-22-27(3)56-43(37(25)50)60-41-29(5)38(59-35-24-44(8,9)40(52)31(7)57-35)30(6)42(53)58-33(20-21-47-34(48)19-15-18-32-16-13-12-14-17-32)46(11,55)39(51)28(4)36(49)26(2)23-45(41,10)54/h12-14,16-17,25-31,33,35,37-41,43,50-52,54-55H,15,18-24H2,1-11H3,(H,47,48)/t25?,26-,27?,28+,29+,30-,31?,33-,35?,37?,38+,39-,40?,41-,43?,45-,46-/m1/s1. The number of aliphatic hydroxyl groups excluding tert-OH is 3. The quantitative estimate of drug-likeness (QED) is 0.173. The molecule has 1 aromatic rings. The average Bonchev–Trinajstić information content (AvgIpc) is 3.17. The van der Waals surface area contributed by atoms with Crippen molar-refractivity contribution < 1.29 is 63.6 Å². The summed E-state index contributed by atoms with van der Waals surface area (Å²) < 4.78 is 31.7. The summed E-state index contributed by atoms with van der Waals surface area (Å²) >= 11 is 0. The van der Waals surface area contributed by atoms with Gasteiger partial charge in [-0.1, -0.05) is 71.9 Å². The van der Waals surface area contributed by atoms with Crippen LogP contribution >= 0.6 is 0 Å². The number of nitrogens with one attached hydrogen (secondary N) is 1. The summed E-state index contributed by atoms with van der Waals surface area (Å²) in [6.45, 7) is 18.5. The molecule has 3 saturated heterocycles. The fourth-order valence-corrected chi connectivity index (χ4v) is 9.58. The Morgan fingerprint density at radius 2 is 1.52 bits per heavy atom. The van der Waals surface area contributed by atoms with Crippen molar-refractivity contribution in [3.63, 3.8) is 0 Å². The Balaban J connectivity index is 1.70. The summed E-state index contributed by atoms with van der Waals surface area (Å²) in [4.78, 5) is 41.5. The van der Waals surface area contributed by atoms with Crippen molar-refractivity contribution in [1.29, 1.82) is 0 Å². The van der Waals surface area contributed by atoms with Crippen molar-refractivity contribution in [2.24, 2.45) is 35.0 Å². The molecule has 3 aliphatic rings. The van der Waals surface area contributed by atoms with Gasteiger partial charge in [0.25, 0.3) is 0 Å². The van der Waals surface area contributed by atoms with Crippen LogP contribution in [0.5, 0.6) is 0 Å². The molecule has 14 heteroatoms. The number of hydrogen-bond acceptors (Lipinski definition) is 13. The van der Waals surface area contributed by atoms with E-state index in [1.807, 2.05) is 58.0 Å². The Hall–Kier alpha value is -2.53. The second-order valence-corrected chi connectivity index (χ2v) is 19.5. The lowest BCUT2D eigenvalue weighted by molar-refractivity contribution is -0.312. The van der Waals surface area contributed by atoms with Gasteiger partial charge in [-0.15, -0.1) is 0 Å². The Labute approximate surface area is 357 Å². The highest BCUT2D eigenvalue weighted by Crippen LogP contribution is 2.42. The van der Waals surface area contributed by atoms with Crippen LogP contribution in [0.2, 0.25) is 0 Å². The van der Waals surface area contributed by atoms with Crippen LogP contribution in [-0.4, -0.2) is 122 Å². The lowest BCUT2D eigenvalue weighted by Gasteiger charge is -2.48. The Morgan fingerprint density at radius 3 is 2.15 bits per heavy atom. The smallest absolute Gasteiger partial charge is 0.311 e. The molecule has 3 aliphatic heterocycles. The first-order chi connectivity index (χ1) is 27.9. The molecule has 7 unspecified atom stereocenters. The van der Waals surface area contributed by atoms with E-state index in [1.54, 1.807) is 27.7 Å². The number of benzene rings is 1. The second kappa shape index (κ2) is 20.8. The van der Waals surface area contributed by atoms with Crippen molar-refractivity contribution >= 4 is 17.7 Å². The van der Waals surface area contributed by atoms with Crippen molar-refractivity contribution in [3.8, 4) is 0 Å². The van der Waals surface area contributed by atoms with Crippen LogP contribution in [-0.2, 0) is 44.5 Å². The lowest BCUT2D eigenvalue weighted by Crippen LogP contribution is -2.59. The van der Waals surface area contributed by atoms with Gasteiger partial charge >= 0.3 is 5.97 Å². The number of ketones is 1. The minimum atomic E-state index is -2.16. The molecule has 60 heavy (non-hydrogen) atoms. The molecule has 6 N–H and O–H groups in total. The molecule has 342 valence electrons. The van der Waals surface area contributed by atoms with E-state index >= 15 is 0 Å². The zero-order valence-corrected chi connectivity index (χ0v) is 37.7. The van der Waals surface area contributed by atoms with Crippen LogP contribution in [0.25, 0.3) is 0 Å². The fraction of sp³-hybridized carbons (Fsp3) is 0.804. The number of amides is 1. The molecule has 0 radical (unpaired) electrons. The van der Waals surface area contributed by atoms with Gasteiger partial charge < -0.3 is 54.5 Å². The van der Waals surface area contributed by atoms with E-state index in [2.05, 4.69) is 5.32 Å². The Morgan fingerprint density at radius 1 is 0.867 bits per heavy atom. The molecule has 0 spiro atoms. The van der Waals surface area contributed by atoms with E-state index in [0.717, 1.165) is 12.0 Å². The summed E-state index contributed by atoms with van der Waals surface area (Å²) in [6, 6.07) is 9.81. The van der Waals surface area contributed by atoms with E-state index in [0.29, 0.717) is 12.8 Å². The summed E-state index contributed by atoms with van der Waals surface area (Å²) in [6.07, 6.45) is -8.07. The van der Waals surface area contributed by atoms with Gasteiger partial charge in [-0.2, -0.15) is 0 Å². The predicted molar refractivity (Wildman–Crippen MR) is 223 cm³/mol. The fourth-order valence-electron chi connectivity index (χ4n) is 9.58. The summed E-state index contributed by atoms with van der Waals surface area (Å²) in [5.41, 5.74) is -3.49. The largest absolute Gasteiger partial charge is 0.459 e. The van der Waals surface area contributed by atoms with Crippen molar-refractivity contribution in [2.75, 3.05) is 6.54 Å². The average molecular weight is 850 g/mol. The number of ether oxygens (including phenoxy) is 5. The summed E-state index contributed by atoms with van der Waals surface area (Å²) in [5.74, 6) is -5.70. The first-order valence-corrected chi connectivity index (χ1v) is 22.0. The van der Waals surface area contributed by atoms with Crippen molar-refractivity contribution in [1.82, 2.24) is 5.32 Å². The Bertz CT molecular complexity index is 1550. The normalized spacial score (nSPS) is 42.2. The molecular formula is C46H75NO13. The highest BCUT2D eigenvalue weighted by atomic mass is 16.7. The third-order valence-electron chi connectivity index (χ3n) is 13.4. The number of carbonyl (C=O) groups excluding carboxylic acids is 3. The van der Waals surface area contributed by atoms with Gasteiger partial charge in [0, 0.05) is 43.6 Å². The monoisotopic (exact) mass is 850 g/mol. The van der Waals surface area contributed by atoms with Gasteiger partial charge in [0.2, 0.25) is 5.91 Å². The maximum Gasteiger partial charge on any atom is 0.311 e. The number of rotatable bonds is 11. The first-order valence-electron chi connectivity index (χ1n) is 22.0. The number of hydrogen-bond donors (Lipinski definition) is 6. The van der Waals surface area contributed by atoms with Gasteiger partial charge in [0.05, 0.1) is 48.1 Å². The first kappa shape index (κ1) is 50.1. The molecule has 3 heterocycles. The number of cyclic esters (lactones) is 1. The molecule has 3 fully saturated rings. The van der Waals surface area contributed by atoms with Crippen molar-refractivity contribution in [2.45, 2.75) is 194 Å². The SMILES string of the molecule is CC1CC(C)C(O)C(O[C@@H]2[C@@H](C)[C@H](OC3CC(C)(C)C(O)C(C)O3)[C@@H](C)C(=O)O[C@H](CCNC(=O)CCCc3ccccc3)[C@@](C)(O)[C@H](O)[C@@H](C)C(=O)[C@H](C)C[C@@]2(C)O)O1. The molecule has 0 saturated carbocycles. The highest BCUT2D eigenvalue weighted by Gasteiger charge is 2.53. The van der Waals surface area contributed by atoms with E-state index in [1.165, 1.54) is 20.8 Å². The van der Waals surface area contributed by atoms with Crippen molar-refractivity contribution in [3.05, 3.63) is 35.9 Å². The maximum atomic E-state index is 14.5.